The smallest absolute Gasteiger partial charge is 0.256 e. The molecular weight excluding hydrogens is 284 g/mol. The summed E-state index contributed by atoms with van der Waals surface area (Å²) >= 11 is 0. The van der Waals surface area contributed by atoms with Gasteiger partial charge in [-0.3, -0.25) is 4.79 Å². The van der Waals surface area contributed by atoms with Crippen LogP contribution in [0.15, 0.2) is 12.3 Å². The van der Waals surface area contributed by atoms with E-state index in [2.05, 4.69) is 4.98 Å². The molecule has 6 heteroatoms. The second-order valence-electron chi connectivity index (χ2n) is 5.27. The molecule has 0 saturated carbocycles. The van der Waals surface area contributed by atoms with Crippen LogP contribution in [0.5, 0.6) is 17.2 Å². The highest BCUT2D eigenvalue weighted by molar-refractivity contribution is 6.10. The summed E-state index contributed by atoms with van der Waals surface area (Å²) in [5.74, 6) is 1.59. The summed E-state index contributed by atoms with van der Waals surface area (Å²) in [7, 11) is 4.69. The number of H-pyrrole nitrogens is 1. The average Bonchev–Trinajstić information content (AvgIpc) is 3.21. The quantitative estimate of drug-likeness (QED) is 0.942. The Bertz CT molecular complexity index is 702. The first-order valence-corrected chi connectivity index (χ1v) is 7.30. The van der Waals surface area contributed by atoms with Crippen LogP contribution in [0.2, 0.25) is 0 Å². The van der Waals surface area contributed by atoms with Crippen LogP contribution in [0.1, 0.15) is 23.2 Å². The molecule has 1 N–H and O–H groups in total. The minimum Gasteiger partial charge on any atom is -0.493 e. The van der Waals surface area contributed by atoms with E-state index in [9.17, 15) is 4.79 Å². The van der Waals surface area contributed by atoms with E-state index in [0.717, 1.165) is 36.8 Å². The standard InChI is InChI=1S/C16H20N2O4/c1-20-12-8-11-13(15(22-3)14(12)21-2)10(9-17-11)16(19)18-6-4-5-7-18/h8-9,17H,4-7H2,1-3H3. The van der Waals surface area contributed by atoms with Gasteiger partial charge >= 0.3 is 0 Å². The van der Waals surface area contributed by atoms with E-state index >= 15 is 0 Å². The predicted molar refractivity (Wildman–Crippen MR) is 83.1 cm³/mol. The third kappa shape index (κ3) is 2.15. The molecule has 0 radical (unpaired) electrons. The topological polar surface area (TPSA) is 63.8 Å². The molecule has 0 bridgehead atoms. The lowest BCUT2D eigenvalue weighted by Gasteiger charge is -2.17. The highest BCUT2D eigenvalue weighted by Crippen LogP contribution is 2.44. The summed E-state index contributed by atoms with van der Waals surface area (Å²) in [6.07, 6.45) is 3.84. The summed E-state index contributed by atoms with van der Waals surface area (Å²) in [6.45, 7) is 1.61. The number of methoxy groups -OCH3 is 3. The number of carbonyl (C=O) groups is 1. The Kier molecular flexibility index (Phi) is 3.83. The molecule has 2 aromatic rings. The molecular formula is C16H20N2O4. The lowest BCUT2D eigenvalue weighted by molar-refractivity contribution is 0.0794. The molecule has 1 fully saturated rings. The molecule has 6 nitrogen and oxygen atoms in total. The number of benzene rings is 1. The van der Waals surface area contributed by atoms with E-state index in [-0.39, 0.29) is 5.91 Å². The Hall–Kier alpha value is -2.37. The maximum Gasteiger partial charge on any atom is 0.256 e. The van der Waals surface area contributed by atoms with Crippen molar-refractivity contribution in [3.8, 4) is 17.2 Å². The van der Waals surface area contributed by atoms with Crippen LogP contribution < -0.4 is 14.2 Å². The van der Waals surface area contributed by atoms with Crippen LogP contribution in [0.3, 0.4) is 0 Å². The largest absolute Gasteiger partial charge is 0.493 e. The normalized spacial score (nSPS) is 14.4. The minimum absolute atomic E-state index is 0.0225. The van der Waals surface area contributed by atoms with Gasteiger partial charge in [0.2, 0.25) is 5.75 Å². The van der Waals surface area contributed by atoms with E-state index in [1.165, 1.54) is 0 Å². The minimum atomic E-state index is 0.0225. The molecule has 22 heavy (non-hydrogen) atoms. The van der Waals surface area contributed by atoms with Gasteiger partial charge in [-0.05, 0) is 12.8 Å². The molecule has 1 aliphatic rings. The van der Waals surface area contributed by atoms with Crippen molar-refractivity contribution in [2.24, 2.45) is 0 Å². The van der Waals surface area contributed by atoms with Crippen molar-refractivity contribution in [2.75, 3.05) is 34.4 Å². The molecule has 1 aromatic heterocycles. The summed E-state index contributed by atoms with van der Waals surface area (Å²) in [5, 5.41) is 0.733. The SMILES string of the molecule is COc1cc2[nH]cc(C(=O)N3CCCC3)c2c(OC)c1OC. The highest BCUT2D eigenvalue weighted by atomic mass is 16.5. The fourth-order valence-electron chi connectivity index (χ4n) is 3.02. The fourth-order valence-corrected chi connectivity index (χ4v) is 3.02. The van der Waals surface area contributed by atoms with E-state index in [0.29, 0.717) is 22.8 Å². The number of ether oxygens (including phenoxy) is 3. The van der Waals surface area contributed by atoms with E-state index < -0.39 is 0 Å². The van der Waals surface area contributed by atoms with Crippen molar-refractivity contribution < 1.29 is 19.0 Å². The van der Waals surface area contributed by atoms with Gasteiger partial charge < -0.3 is 24.1 Å². The predicted octanol–water partition coefficient (Wildman–Crippen LogP) is 2.43. The Balaban J connectivity index is 2.18. The summed E-state index contributed by atoms with van der Waals surface area (Å²) in [4.78, 5) is 17.7. The number of hydrogen-bond donors (Lipinski definition) is 1. The molecule has 118 valence electrons. The van der Waals surface area contributed by atoms with Crippen molar-refractivity contribution >= 4 is 16.8 Å². The van der Waals surface area contributed by atoms with Crippen LogP contribution >= 0.6 is 0 Å². The second kappa shape index (κ2) is 5.79. The average molecular weight is 304 g/mol. The van der Waals surface area contributed by atoms with Crippen molar-refractivity contribution in [1.29, 1.82) is 0 Å². The number of carbonyl (C=O) groups excluding carboxylic acids is 1. The van der Waals surface area contributed by atoms with Crippen LogP contribution in [0, 0.1) is 0 Å². The van der Waals surface area contributed by atoms with Gasteiger partial charge in [-0.2, -0.15) is 0 Å². The number of likely N-dealkylation sites (tertiary alicyclic amines) is 1. The van der Waals surface area contributed by atoms with Gasteiger partial charge in [0.25, 0.3) is 5.91 Å². The van der Waals surface area contributed by atoms with Gasteiger partial charge in [-0.15, -0.1) is 0 Å². The first kappa shape index (κ1) is 14.6. The van der Waals surface area contributed by atoms with Crippen molar-refractivity contribution in [1.82, 2.24) is 9.88 Å². The second-order valence-corrected chi connectivity index (χ2v) is 5.27. The van der Waals surface area contributed by atoms with Gasteiger partial charge in [0.05, 0.1) is 37.8 Å². The zero-order valence-electron chi connectivity index (χ0n) is 13.1. The van der Waals surface area contributed by atoms with Gasteiger partial charge in [0.15, 0.2) is 11.5 Å². The number of hydrogen-bond acceptors (Lipinski definition) is 4. The van der Waals surface area contributed by atoms with Crippen molar-refractivity contribution in [3.63, 3.8) is 0 Å². The number of rotatable bonds is 4. The fraction of sp³-hybridized carbons (Fsp3) is 0.438. The van der Waals surface area contributed by atoms with E-state index in [4.69, 9.17) is 14.2 Å². The number of nitrogens with one attached hydrogen (secondary N) is 1. The maximum atomic E-state index is 12.7. The van der Waals surface area contributed by atoms with Crippen molar-refractivity contribution in [2.45, 2.75) is 12.8 Å². The molecule has 0 atom stereocenters. The number of nitrogens with zero attached hydrogens (tertiary/aromatic N) is 1. The summed E-state index contributed by atoms with van der Waals surface area (Å²) in [5.41, 5.74) is 1.40. The number of amides is 1. The highest BCUT2D eigenvalue weighted by Gasteiger charge is 2.26. The van der Waals surface area contributed by atoms with E-state index in [1.807, 2.05) is 11.0 Å². The van der Waals surface area contributed by atoms with Gasteiger partial charge in [-0.1, -0.05) is 0 Å². The van der Waals surface area contributed by atoms with Gasteiger partial charge in [0, 0.05) is 25.4 Å². The Morgan fingerprint density at radius 1 is 1.09 bits per heavy atom. The van der Waals surface area contributed by atoms with Crippen LogP contribution in [0.4, 0.5) is 0 Å². The number of aromatic amines is 1. The lowest BCUT2D eigenvalue weighted by Crippen LogP contribution is -2.27. The molecule has 1 amide bonds. The third-order valence-corrected chi connectivity index (χ3v) is 4.10. The first-order chi connectivity index (χ1) is 10.7. The summed E-state index contributed by atoms with van der Waals surface area (Å²) < 4.78 is 16.3. The zero-order valence-corrected chi connectivity index (χ0v) is 13.1. The Labute approximate surface area is 128 Å². The molecule has 1 aromatic carbocycles. The van der Waals surface area contributed by atoms with Crippen molar-refractivity contribution in [3.05, 3.63) is 17.8 Å². The number of fused-ring (bicyclic) bond motifs is 1. The van der Waals surface area contributed by atoms with Gasteiger partial charge in [-0.25, -0.2) is 0 Å². The lowest BCUT2D eigenvalue weighted by atomic mass is 10.1. The van der Waals surface area contributed by atoms with Crippen LogP contribution in [-0.2, 0) is 0 Å². The molecule has 3 rings (SSSR count). The molecule has 0 spiro atoms. The molecule has 1 aliphatic heterocycles. The molecule has 0 unspecified atom stereocenters. The monoisotopic (exact) mass is 304 g/mol. The molecule has 2 heterocycles. The first-order valence-electron chi connectivity index (χ1n) is 7.30. The van der Waals surface area contributed by atoms with Gasteiger partial charge in [0.1, 0.15) is 0 Å². The maximum absolute atomic E-state index is 12.7. The number of aromatic nitrogens is 1. The van der Waals surface area contributed by atoms with E-state index in [1.54, 1.807) is 27.5 Å². The molecule has 0 aliphatic carbocycles. The van der Waals surface area contributed by atoms with Crippen LogP contribution in [-0.4, -0.2) is 50.2 Å². The van der Waals surface area contributed by atoms with Crippen LogP contribution in [0.25, 0.3) is 10.9 Å². The summed E-state index contributed by atoms with van der Waals surface area (Å²) in [6, 6.07) is 1.82. The Morgan fingerprint density at radius 2 is 1.77 bits per heavy atom. The third-order valence-electron chi connectivity index (χ3n) is 4.10. The Morgan fingerprint density at radius 3 is 2.36 bits per heavy atom. The molecule has 1 saturated heterocycles. The zero-order chi connectivity index (χ0) is 15.7.